The molecule has 0 saturated carbocycles. The Labute approximate surface area is 116 Å². The van der Waals surface area contributed by atoms with Crippen molar-refractivity contribution in [2.24, 2.45) is 0 Å². The Morgan fingerprint density at radius 2 is 1.94 bits per heavy atom. The first-order valence-electron chi connectivity index (χ1n) is 5.62. The van der Waals surface area contributed by atoms with E-state index < -0.39 is 5.41 Å². The van der Waals surface area contributed by atoms with Crippen LogP contribution < -0.4 is 0 Å². The summed E-state index contributed by atoms with van der Waals surface area (Å²) < 4.78 is 1.00. The van der Waals surface area contributed by atoms with Crippen LogP contribution in [0.2, 0.25) is 0 Å². The molecule has 0 atom stereocenters. The molecule has 1 aromatic carbocycles. The first-order valence-corrected chi connectivity index (χ1v) is 7.15. The van der Waals surface area contributed by atoms with E-state index in [0.29, 0.717) is 6.42 Å². The molecule has 90 valence electrons. The molecule has 0 saturated heterocycles. The molecule has 0 aliphatic heterocycles. The lowest BCUT2D eigenvalue weighted by molar-refractivity contribution is 0.0982. The lowest BCUT2D eigenvalue weighted by Crippen LogP contribution is -2.13. The zero-order chi connectivity index (χ0) is 12.9. The molecular formula is C14H16INO. The third-order valence-electron chi connectivity index (χ3n) is 2.75. The zero-order valence-electron chi connectivity index (χ0n) is 10.2. The van der Waals surface area contributed by atoms with Gasteiger partial charge in [0.25, 0.3) is 0 Å². The Kier molecular flexibility index (Phi) is 5.13. The summed E-state index contributed by atoms with van der Waals surface area (Å²) in [5.41, 5.74) is 1.20. The number of hydrogen-bond donors (Lipinski definition) is 0. The highest BCUT2D eigenvalue weighted by Gasteiger charge is 2.19. The maximum Gasteiger partial charge on any atom is 0.162 e. The van der Waals surface area contributed by atoms with Crippen molar-refractivity contribution < 1.29 is 4.79 Å². The molecule has 0 amide bonds. The Morgan fingerprint density at radius 3 is 2.41 bits per heavy atom. The standard InChI is InChI=1S/C14H16INO/c1-14(2,10-16)12-7-5-11(6-8-12)13(17)4-3-9-15/h5-8H,3-4,9H2,1-2H3. The fraction of sp³-hybridized carbons (Fsp3) is 0.429. The Bertz CT molecular complexity index is 429. The quantitative estimate of drug-likeness (QED) is 0.463. The largest absolute Gasteiger partial charge is 0.294 e. The number of nitriles is 1. The van der Waals surface area contributed by atoms with Crippen LogP contribution in [0.5, 0.6) is 0 Å². The number of carbonyl (C=O) groups excluding carboxylic acids is 1. The summed E-state index contributed by atoms with van der Waals surface area (Å²) >= 11 is 2.27. The average molecular weight is 341 g/mol. The van der Waals surface area contributed by atoms with Gasteiger partial charge in [0.15, 0.2) is 5.78 Å². The molecule has 1 rings (SSSR count). The van der Waals surface area contributed by atoms with Crippen molar-refractivity contribution in [1.82, 2.24) is 0 Å². The topological polar surface area (TPSA) is 40.9 Å². The van der Waals surface area contributed by atoms with Crippen LogP contribution in [0.1, 0.15) is 42.6 Å². The number of hydrogen-bond acceptors (Lipinski definition) is 2. The van der Waals surface area contributed by atoms with Gasteiger partial charge in [0, 0.05) is 12.0 Å². The van der Waals surface area contributed by atoms with Crippen LogP contribution >= 0.6 is 22.6 Å². The van der Waals surface area contributed by atoms with E-state index in [1.165, 1.54) is 0 Å². The van der Waals surface area contributed by atoms with Crippen LogP contribution in [0.4, 0.5) is 0 Å². The fourth-order valence-electron chi connectivity index (χ4n) is 1.51. The first-order chi connectivity index (χ1) is 8.01. The Balaban J connectivity index is 2.82. The van der Waals surface area contributed by atoms with Gasteiger partial charge in [0.1, 0.15) is 0 Å². The number of benzene rings is 1. The molecule has 0 heterocycles. The normalized spacial score (nSPS) is 10.9. The SMILES string of the molecule is CC(C)(C#N)c1ccc(C(=O)CCCI)cc1. The number of rotatable bonds is 5. The second kappa shape index (κ2) is 6.15. The summed E-state index contributed by atoms with van der Waals surface area (Å²) in [6.07, 6.45) is 1.52. The van der Waals surface area contributed by atoms with E-state index in [1.54, 1.807) is 0 Å². The Hall–Kier alpha value is -0.890. The van der Waals surface area contributed by atoms with Crippen molar-refractivity contribution in [3.05, 3.63) is 35.4 Å². The predicted octanol–water partition coefficient (Wildman–Crippen LogP) is 3.89. The third-order valence-corrected chi connectivity index (χ3v) is 3.51. The maximum atomic E-state index is 11.8. The van der Waals surface area contributed by atoms with Gasteiger partial charge in [-0.1, -0.05) is 46.9 Å². The highest BCUT2D eigenvalue weighted by molar-refractivity contribution is 14.1. The van der Waals surface area contributed by atoms with Crippen LogP contribution in [-0.2, 0) is 5.41 Å². The van der Waals surface area contributed by atoms with Gasteiger partial charge in [-0.3, -0.25) is 4.79 Å². The number of alkyl halides is 1. The molecule has 0 spiro atoms. The Morgan fingerprint density at radius 1 is 1.35 bits per heavy atom. The number of Topliss-reactive ketones (excluding diaryl/α,β-unsaturated/α-hetero) is 1. The smallest absolute Gasteiger partial charge is 0.162 e. The van der Waals surface area contributed by atoms with Crippen LogP contribution in [0.25, 0.3) is 0 Å². The molecule has 0 aliphatic carbocycles. The minimum absolute atomic E-state index is 0.183. The predicted molar refractivity (Wildman–Crippen MR) is 77.5 cm³/mol. The number of nitrogens with zero attached hydrogens (tertiary/aromatic N) is 1. The zero-order valence-corrected chi connectivity index (χ0v) is 12.3. The van der Waals surface area contributed by atoms with Crippen molar-refractivity contribution in [2.75, 3.05) is 4.43 Å². The molecule has 3 heteroatoms. The molecule has 0 unspecified atom stereocenters. The number of halogens is 1. The highest BCUT2D eigenvalue weighted by atomic mass is 127. The highest BCUT2D eigenvalue weighted by Crippen LogP contribution is 2.22. The van der Waals surface area contributed by atoms with E-state index >= 15 is 0 Å². The summed E-state index contributed by atoms with van der Waals surface area (Å²) in [4.78, 5) is 11.8. The van der Waals surface area contributed by atoms with Crippen molar-refractivity contribution in [3.8, 4) is 6.07 Å². The third kappa shape index (κ3) is 3.81. The number of ketones is 1. The summed E-state index contributed by atoms with van der Waals surface area (Å²) in [6, 6.07) is 9.65. The molecule has 0 N–H and O–H groups in total. The molecule has 17 heavy (non-hydrogen) atoms. The van der Waals surface area contributed by atoms with E-state index in [4.69, 9.17) is 5.26 Å². The van der Waals surface area contributed by atoms with Crippen LogP contribution in [0, 0.1) is 11.3 Å². The van der Waals surface area contributed by atoms with E-state index in [1.807, 2.05) is 38.1 Å². The molecule has 0 radical (unpaired) electrons. The van der Waals surface area contributed by atoms with Crippen molar-refractivity contribution in [1.29, 1.82) is 5.26 Å². The van der Waals surface area contributed by atoms with Crippen LogP contribution in [0.15, 0.2) is 24.3 Å². The van der Waals surface area contributed by atoms with Crippen molar-refractivity contribution in [2.45, 2.75) is 32.1 Å². The van der Waals surface area contributed by atoms with Gasteiger partial charge in [-0.05, 0) is 30.3 Å². The maximum absolute atomic E-state index is 11.8. The minimum atomic E-state index is -0.496. The summed E-state index contributed by atoms with van der Waals surface area (Å²) in [5, 5.41) is 9.02. The van der Waals surface area contributed by atoms with Crippen molar-refractivity contribution in [3.63, 3.8) is 0 Å². The summed E-state index contributed by atoms with van der Waals surface area (Å²) in [6.45, 7) is 3.75. The number of carbonyl (C=O) groups is 1. The van der Waals surface area contributed by atoms with Gasteiger partial charge in [-0.15, -0.1) is 0 Å². The molecular weight excluding hydrogens is 325 g/mol. The molecule has 0 fully saturated rings. The van der Waals surface area contributed by atoms with Gasteiger partial charge in [0.2, 0.25) is 0 Å². The molecule has 0 aromatic heterocycles. The van der Waals surface area contributed by atoms with E-state index in [-0.39, 0.29) is 5.78 Å². The van der Waals surface area contributed by atoms with Crippen LogP contribution in [0.3, 0.4) is 0 Å². The molecule has 2 nitrogen and oxygen atoms in total. The van der Waals surface area contributed by atoms with Gasteiger partial charge in [-0.2, -0.15) is 5.26 Å². The molecule has 0 bridgehead atoms. The van der Waals surface area contributed by atoms with Gasteiger partial charge < -0.3 is 0 Å². The molecule has 1 aromatic rings. The van der Waals surface area contributed by atoms with Gasteiger partial charge in [-0.25, -0.2) is 0 Å². The van der Waals surface area contributed by atoms with E-state index in [0.717, 1.165) is 22.0 Å². The van der Waals surface area contributed by atoms with Gasteiger partial charge >= 0.3 is 0 Å². The average Bonchev–Trinajstić information content (AvgIpc) is 2.36. The lowest BCUT2D eigenvalue weighted by Gasteiger charge is -2.15. The summed E-state index contributed by atoms with van der Waals surface area (Å²) in [7, 11) is 0. The minimum Gasteiger partial charge on any atom is -0.294 e. The van der Waals surface area contributed by atoms with Crippen LogP contribution in [-0.4, -0.2) is 10.2 Å². The fourth-order valence-corrected chi connectivity index (χ4v) is 1.89. The second-order valence-corrected chi connectivity index (χ2v) is 5.61. The monoisotopic (exact) mass is 341 g/mol. The van der Waals surface area contributed by atoms with E-state index in [2.05, 4.69) is 28.7 Å². The van der Waals surface area contributed by atoms with Gasteiger partial charge in [0.05, 0.1) is 11.5 Å². The summed E-state index contributed by atoms with van der Waals surface area (Å²) in [5.74, 6) is 0.183. The second-order valence-electron chi connectivity index (χ2n) is 4.53. The first kappa shape index (κ1) is 14.2. The molecule has 0 aliphatic rings. The van der Waals surface area contributed by atoms with Crippen molar-refractivity contribution >= 4 is 28.4 Å². The lowest BCUT2D eigenvalue weighted by atomic mass is 9.86. The van der Waals surface area contributed by atoms with E-state index in [9.17, 15) is 4.79 Å².